The normalized spacial score (nSPS) is 39.0. The van der Waals surface area contributed by atoms with Gasteiger partial charge in [0, 0.05) is 24.0 Å². The van der Waals surface area contributed by atoms with Gasteiger partial charge in [0.2, 0.25) is 0 Å². The minimum Gasteiger partial charge on any atom is -0.497 e. The minimum absolute atomic E-state index is 0.178. The number of ether oxygens (including phenoxy) is 1. The largest absolute Gasteiger partial charge is 0.497 e. The van der Waals surface area contributed by atoms with Crippen LogP contribution < -0.4 is 4.74 Å². The van der Waals surface area contributed by atoms with Crippen LogP contribution in [0.3, 0.4) is 0 Å². The molecule has 122 valence electrons. The predicted molar refractivity (Wildman–Crippen MR) is 90.3 cm³/mol. The number of nitrogens with zero attached hydrogens (tertiary/aromatic N) is 1. The molecule has 23 heavy (non-hydrogen) atoms. The van der Waals surface area contributed by atoms with E-state index < -0.39 is 5.60 Å². The van der Waals surface area contributed by atoms with E-state index in [0.29, 0.717) is 12.1 Å². The predicted octanol–water partition coefficient (Wildman–Crippen LogP) is 2.92. The molecule has 0 aromatic heterocycles. The summed E-state index contributed by atoms with van der Waals surface area (Å²) in [6.45, 7) is 3.25. The zero-order chi connectivity index (χ0) is 16.2. The zero-order valence-electron chi connectivity index (χ0n) is 14.0. The third-order valence-electron chi connectivity index (χ3n) is 6.78. The van der Waals surface area contributed by atoms with Crippen LogP contribution in [0.2, 0.25) is 0 Å². The van der Waals surface area contributed by atoms with Gasteiger partial charge in [-0.3, -0.25) is 4.90 Å². The monoisotopic (exact) mass is 311 g/mol. The van der Waals surface area contributed by atoms with Gasteiger partial charge in [0.15, 0.2) is 0 Å². The second kappa shape index (κ2) is 5.00. The zero-order valence-corrected chi connectivity index (χ0v) is 14.0. The Morgan fingerprint density at radius 2 is 2.17 bits per heavy atom. The van der Waals surface area contributed by atoms with E-state index in [-0.39, 0.29) is 5.41 Å². The average molecular weight is 311 g/mol. The average Bonchev–Trinajstić information content (AvgIpc) is 2.86. The molecule has 2 aliphatic heterocycles. The third-order valence-corrected chi connectivity index (χ3v) is 6.78. The van der Waals surface area contributed by atoms with Gasteiger partial charge in [-0.2, -0.15) is 0 Å². The SMILES string of the molecule is C#C[C@]1(O)CC[C@@H]2N3CCc4cc(OC)ccc4[C@H]3CC[C@]21C. The maximum Gasteiger partial charge on any atom is 0.132 e. The molecule has 1 aliphatic carbocycles. The summed E-state index contributed by atoms with van der Waals surface area (Å²) < 4.78 is 5.37. The van der Waals surface area contributed by atoms with Crippen molar-refractivity contribution in [1.82, 2.24) is 4.90 Å². The molecule has 3 aliphatic rings. The van der Waals surface area contributed by atoms with Crippen LogP contribution in [-0.4, -0.2) is 35.3 Å². The lowest BCUT2D eigenvalue weighted by molar-refractivity contribution is -0.0839. The molecule has 1 N–H and O–H groups in total. The Hall–Kier alpha value is -1.50. The first-order chi connectivity index (χ1) is 11.0. The van der Waals surface area contributed by atoms with Crippen LogP contribution in [0.25, 0.3) is 0 Å². The molecule has 4 rings (SSSR count). The summed E-state index contributed by atoms with van der Waals surface area (Å²) in [6, 6.07) is 7.34. The lowest BCUT2D eigenvalue weighted by Crippen LogP contribution is -2.57. The molecule has 3 nitrogen and oxygen atoms in total. The number of methoxy groups -OCH3 is 1. The third kappa shape index (κ3) is 1.92. The number of fused-ring (bicyclic) bond motifs is 5. The van der Waals surface area contributed by atoms with E-state index in [4.69, 9.17) is 11.2 Å². The van der Waals surface area contributed by atoms with Crippen LogP contribution in [0.15, 0.2) is 18.2 Å². The lowest BCUT2D eigenvalue weighted by atomic mass is 9.66. The molecule has 1 aromatic carbocycles. The maximum atomic E-state index is 10.9. The van der Waals surface area contributed by atoms with Crippen LogP contribution in [0.5, 0.6) is 5.75 Å². The molecule has 0 bridgehead atoms. The van der Waals surface area contributed by atoms with E-state index in [0.717, 1.165) is 44.4 Å². The van der Waals surface area contributed by atoms with Crippen molar-refractivity contribution < 1.29 is 9.84 Å². The molecule has 1 saturated heterocycles. The first-order valence-electron chi connectivity index (χ1n) is 8.65. The summed E-state index contributed by atoms with van der Waals surface area (Å²) in [6.07, 6.45) is 10.5. The lowest BCUT2D eigenvalue weighted by Gasteiger charge is -2.54. The minimum atomic E-state index is -0.942. The highest BCUT2D eigenvalue weighted by atomic mass is 16.5. The van der Waals surface area contributed by atoms with E-state index in [2.05, 4.69) is 35.9 Å². The Morgan fingerprint density at radius 1 is 1.35 bits per heavy atom. The number of piperidine rings is 1. The van der Waals surface area contributed by atoms with Gasteiger partial charge in [-0.05, 0) is 55.4 Å². The van der Waals surface area contributed by atoms with E-state index in [1.54, 1.807) is 7.11 Å². The molecule has 0 radical (unpaired) electrons. The standard InChI is InChI=1S/C20H25NO2/c1-4-20(22)11-8-18-19(20,2)10-7-17-16-6-5-15(23-3)13-14(16)9-12-21(17)18/h1,5-6,13,17-18,22H,7-12H2,2-3H3/t17-,18+,19-,20+/m1/s1. The number of hydrogen-bond donors (Lipinski definition) is 1. The van der Waals surface area contributed by atoms with Gasteiger partial charge >= 0.3 is 0 Å². The molecule has 3 heteroatoms. The Morgan fingerprint density at radius 3 is 2.91 bits per heavy atom. The van der Waals surface area contributed by atoms with Crippen LogP contribution in [0.4, 0.5) is 0 Å². The topological polar surface area (TPSA) is 32.7 Å². The Kier molecular flexibility index (Phi) is 3.27. The molecule has 0 amide bonds. The van der Waals surface area contributed by atoms with E-state index in [1.807, 2.05) is 0 Å². The Labute approximate surface area is 138 Å². The van der Waals surface area contributed by atoms with Crippen LogP contribution in [0, 0.1) is 17.8 Å². The van der Waals surface area contributed by atoms with E-state index >= 15 is 0 Å². The molecule has 1 saturated carbocycles. The van der Waals surface area contributed by atoms with Gasteiger partial charge in [0.1, 0.15) is 11.4 Å². The molecular formula is C20H25NO2. The fourth-order valence-corrected chi connectivity index (χ4v) is 5.33. The van der Waals surface area contributed by atoms with E-state index in [1.165, 1.54) is 11.1 Å². The van der Waals surface area contributed by atoms with Crippen molar-refractivity contribution in [2.75, 3.05) is 13.7 Å². The summed E-state index contributed by atoms with van der Waals surface area (Å²) in [5, 5.41) is 10.9. The summed E-state index contributed by atoms with van der Waals surface area (Å²) in [5.74, 6) is 3.67. The fourth-order valence-electron chi connectivity index (χ4n) is 5.33. The van der Waals surface area contributed by atoms with Crippen molar-refractivity contribution in [1.29, 1.82) is 0 Å². The van der Waals surface area contributed by atoms with Crippen LogP contribution >= 0.6 is 0 Å². The number of rotatable bonds is 1. The fraction of sp³-hybridized carbons (Fsp3) is 0.600. The van der Waals surface area contributed by atoms with Gasteiger partial charge in [0.25, 0.3) is 0 Å². The molecule has 0 unspecified atom stereocenters. The van der Waals surface area contributed by atoms with Gasteiger partial charge in [0.05, 0.1) is 7.11 Å². The highest BCUT2D eigenvalue weighted by molar-refractivity contribution is 5.40. The Bertz CT molecular complexity index is 679. The van der Waals surface area contributed by atoms with Gasteiger partial charge in [-0.1, -0.05) is 18.9 Å². The number of aliphatic hydroxyl groups is 1. The van der Waals surface area contributed by atoms with Gasteiger partial charge < -0.3 is 9.84 Å². The number of hydrogen-bond acceptors (Lipinski definition) is 3. The molecular weight excluding hydrogens is 286 g/mol. The summed E-state index contributed by atoms with van der Waals surface area (Å²) in [4.78, 5) is 2.62. The maximum absolute atomic E-state index is 10.9. The van der Waals surface area contributed by atoms with Gasteiger partial charge in [-0.15, -0.1) is 6.42 Å². The highest BCUT2D eigenvalue weighted by Crippen LogP contribution is 2.58. The highest BCUT2D eigenvalue weighted by Gasteiger charge is 2.60. The quantitative estimate of drug-likeness (QED) is 0.810. The van der Waals surface area contributed by atoms with Gasteiger partial charge in [-0.25, -0.2) is 0 Å². The molecule has 2 heterocycles. The van der Waals surface area contributed by atoms with Crippen molar-refractivity contribution in [3.63, 3.8) is 0 Å². The van der Waals surface area contributed by atoms with Crippen molar-refractivity contribution >= 4 is 0 Å². The molecule has 4 atom stereocenters. The van der Waals surface area contributed by atoms with E-state index in [9.17, 15) is 5.11 Å². The first-order valence-corrected chi connectivity index (χ1v) is 8.65. The molecule has 0 spiro atoms. The second-order valence-electron chi connectivity index (χ2n) is 7.58. The molecule has 2 fully saturated rings. The second-order valence-corrected chi connectivity index (χ2v) is 7.58. The summed E-state index contributed by atoms with van der Waals surface area (Å²) >= 11 is 0. The van der Waals surface area contributed by atoms with Crippen molar-refractivity contribution in [3.05, 3.63) is 29.3 Å². The van der Waals surface area contributed by atoms with Crippen molar-refractivity contribution in [2.45, 2.75) is 56.7 Å². The summed E-state index contributed by atoms with van der Waals surface area (Å²) in [5.41, 5.74) is 1.74. The van der Waals surface area contributed by atoms with Crippen molar-refractivity contribution in [3.8, 4) is 18.1 Å². The van der Waals surface area contributed by atoms with Crippen LogP contribution in [-0.2, 0) is 6.42 Å². The summed E-state index contributed by atoms with van der Waals surface area (Å²) in [7, 11) is 1.72. The Balaban J connectivity index is 1.70. The molecule has 1 aromatic rings. The smallest absolute Gasteiger partial charge is 0.132 e. The first kappa shape index (κ1) is 15.1. The van der Waals surface area contributed by atoms with Crippen LogP contribution in [0.1, 0.15) is 49.8 Å². The number of benzene rings is 1. The number of terminal acetylenes is 1. The van der Waals surface area contributed by atoms with Crippen molar-refractivity contribution in [2.24, 2.45) is 5.41 Å².